The standard InChI is InChI=1S/C15H21NO2/c1-17-13-4-2-3-12(9-13)14-10-16-11-15(14)5-7-18-8-6-15/h2-4,9,14,16H,5-8,10-11H2,1H3. The zero-order valence-electron chi connectivity index (χ0n) is 10.9. The molecular formula is C15H21NO2. The van der Waals surface area contributed by atoms with Crippen LogP contribution in [0.25, 0.3) is 0 Å². The van der Waals surface area contributed by atoms with E-state index in [0.717, 1.165) is 32.1 Å². The summed E-state index contributed by atoms with van der Waals surface area (Å²) >= 11 is 0. The van der Waals surface area contributed by atoms with Crippen LogP contribution < -0.4 is 10.1 Å². The lowest BCUT2D eigenvalue weighted by Crippen LogP contribution is -2.35. The lowest BCUT2D eigenvalue weighted by Gasteiger charge is -2.38. The van der Waals surface area contributed by atoms with Crippen LogP contribution in [0.2, 0.25) is 0 Å². The van der Waals surface area contributed by atoms with Gasteiger partial charge in [-0.3, -0.25) is 0 Å². The van der Waals surface area contributed by atoms with Crippen molar-refractivity contribution in [2.24, 2.45) is 5.41 Å². The van der Waals surface area contributed by atoms with Gasteiger partial charge in [0.2, 0.25) is 0 Å². The second-order valence-corrected chi connectivity index (χ2v) is 5.43. The number of hydrogen-bond donors (Lipinski definition) is 1. The van der Waals surface area contributed by atoms with Crippen molar-refractivity contribution in [1.29, 1.82) is 0 Å². The molecule has 0 amide bonds. The fraction of sp³-hybridized carbons (Fsp3) is 0.600. The van der Waals surface area contributed by atoms with Gasteiger partial charge >= 0.3 is 0 Å². The maximum absolute atomic E-state index is 5.53. The Balaban J connectivity index is 1.89. The van der Waals surface area contributed by atoms with E-state index in [0.29, 0.717) is 11.3 Å². The average Bonchev–Trinajstić information content (AvgIpc) is 2.83. The van der Waals surface area contributed by atoms with Crippen molar-refractivity contribution in [3.8, 4) is 5.75 Å². The zero-order chi connectivity index (χ0) is 12.4. The van der Waals surface area contributed by atoms with Gasteiger partial charge in [0.25, 0.3) is 0 Å². The smallest absolute Gasteiger partial charge is 0.119 e. The molecule has 1 unspecified atom stereocenters. The van der Waals surface area contributed by atoms with Crippen molar-refractivity contribution in [2.45, 2.75) is 18.8 Å². The monoisotopic (exact) mass is 247 g/mol. The Morgan fingerprint density at radius 2 is 2.17 bits per heavy atom. The number of rotatable bonds is 2. The highest BCUT2D eigenvalue weighted by molar-refractivity contribution is 5.33. The van der Waals surface area contributed by atoms with E-state index in [4.69, 9.17) is 9.47 Å². The Morgan fingerprint density at radius 1 is 1.33 bits per heavy atom. The SMILES string of the molecule is COc1cccc(C2CNCC23CCOCC3)c1. The number of nitrogens with one attached hydrogen (secondary N) is 1. The lowest BCUT2D eigenvalue weighted by molar-refractivity contribution is 0.0165. The molecule has 0 saturated carbocycles. The molecule has 18 heavy (non-hydrogen) atoms. The molecule has 98 valence electrons. The minimum absolute atomic E-state index is 0.393. The predicted octanol–water partition coefficient (Wildman–Crippen LogP) is 2.18. The third-order valence-corrected chi connectivity index (χ3v) is 4.55. The summed E-state index contributed by atoms with van der Waals surface area (Å²) in [5.41, 5.74) is 1.80. The summed E-state index contributed by atoms with van der Waals surface area (Å²) in [5.74, 6) is 1.55. The summed E-state index contributed by atoms with van der Waals surface area (Å²) in [5, 5.41) is 3.57. The van der Waals surface area contributed by atoms with Crippen LogP contribution in [0.5, 0.6) is 5.75 Å². The third-order valence-electron chi connectivity index (χ3n) is 4.55. The van der Waals surface area contributed by atoms with Crippen LogP contribution in [0.15, 0.2) is 24.3 Å². The first-order valence-electron chi connectivity index (χ1n) is 6.76. The Morgan fingerprint density at radius 3 is 2.94 bits per heavy atom. The minimum Gasteiger partial charge on any atom is -0.497 e. The molecule has 2 aliphatic rings. The van der Waals surface area contributed by atoms with E-state index < -0.39 is 0 Å². The minimum atomic E-state index is 0.393. The summed E-state index contributed by atoms with van der Waals surface area (Å²) < 4.78 is 10.9. The van der Waals surface area contributed by atoms with Gasteiger partial charge in [0.1, 0.15) is 5.75 Å². The fourth-order valence-corrected chi connectivity index (χ4v) is 3.44. The van der Waals surface area contributed by atoms with Crippen LogP contribution in [0.4, 0.5) is 0 Å². The second-order valence-electron chi connectivity index (χ2n) is 5.43. The van der Waals surface area contributed by atoms with Gasteiger partial charge in [0.05, 0.1) is 7.11 Å². The number of benzene rings is 1. The molecule has 2 fully saturated rings. The topological polar surface area (TPSA) is 30.5 Å². The molecule has 1 aromatic carbocycles. The van der Waals surface area contributed by atoms with Crippen molar-refractivity contribution in [2.75, 3.05) is 33.4 Å². The molecule has 3 rings (SSSR count). The highest BCUT2D eigenvalue weighted by Gasteiger charge is 2.44. The van der Waals surface area contributed by atoms with Gasteiger partial charge in [-0.15, -0.1) is 0 Å². The first kappa shape index (κ1) is 12.0. The number of ether oxygens (including phenoxy) is 2. The molecule has 0 aliphatic carbocycles. The van der Waals surface area contributed by atoms with E-state index in [1.54, 1.807) is 7.11 Å². The quantitative estimate of drug-likeness (QED) is 0.869. The van der Waals surface area contributed by atoms with E-state index in [2.05, 4.69) is 23.5 Å². The van der Waals surface area contributed by atoms with Gasteiger partial charge in [0, 0.05) is 32.2 Å². The van der Waals surface area contributed by atoms with Gasteiger partial charge in [-0.25, -0.2) is 0 Å². The van der Waals surface area contributed by atoms with E-state index >= 15 is 0 Å². The van der Waals surface area contributed by atoms with Gasteiger partial charge < -0.3 is 14.8 Å². The van der Waals surface area contributed by atoms with Crippen molar-refractivity contribution < 1.29 is 9.47 Å². The average molecular weight is 247 g/mol. The van der Waals surface area contributed by atoms with Gasteiger partial charge in [0.15, 0.2) is 0 Å². The van der Waals surface area contributed by atoms with Gasteiger partial charge in [-0.05, 0) is 36.0 Å². The van der Waals surface area contributed by atoms with Crippen molar-refractivity contribution >= 4 is 0 Å². The normalized spacial score (nSPS) is 26.4. The summed E-state index contributed by atoms with van der Waals surface area (Å²) in [6.45, 7) is 4.01. The number of hydrogen-bond acceptors (Lipinski definition) is 3. The van der Waals surface area contributed by atoms with E-state index in [1.807, 2.05) is 6.07 Å². The summed E-state index contributed by atoms with van der Waals surface area (Å²) in [6, 6.07) is 8.54. The molecule has 3 nitrogen and oxygen atoms in total. The molecule has 2 saturated heterocycles. The Kier molecular flexibility index (Phi) is 3.27. The van der Waals surface area contributed by atoms with Gasteiger partial charge in [-0.1, -0.05) is 12.1 Å². The van der Waals surface area contributed by atoms with Gasteiger partial charge in [-0.2, -0.15) is 0 Å². The second kappa shape index (κ2) is 4.90. The molecular weight excluding hydrogens is 226 g/mol. The van der Waals surface area contributed by atoms with Crippen molar-refractivity contribution in [1.82, 2.24) is 5.32 Å². The molecule has 0 aromatic heterocycles. The predicted molar refractivity (Wildman–Crippen MR) is 71.1 cm³/mol. The molecule has 1 spiro atoms. The molecule has 3 heteroatoms. The van der Waals surface area contributed by atoms with Crippen LogP contribution in [-0.2, 0) is 4.74 Å². The lowest BCUT2D eigenvalue weighted by atomic mass is 9.69. The Hall–Kier alpha value is -1.06. The fourth-order valence-electron chi connectivity index (χ4n) is 3.44. The largest absolute Gasteiger partial charge is 0.497 e. The Labute approximate surface area is 108 Å². The van der Waals surface area contributed by atoms with E-state index in [-0.39, 0.29) is 0 Å². The highest BCUT2D eigenvalue weighted by atomic mass is 16.5. The molecule has 0 bridgehead atoms. The summed E-state index contributed by atoms with van der Waals surface area (Å²) in [4.78, 5) is 0. The molecule has 2 aliphatic heterocycles. The summed E-state index contributed by atoms with van der Waals surface area (Å²) in [7, 11) is 1.73. The van der Waals surface area contributed by atoms with Crippen LogP contribution >= 0.6 is 0 Å². The van der Waals surface area contributed by atoms with Crippen molar-refractivity contribution in [3.63, 3.8) is 0 Å². The molecule has 2 heterocycles. The zero-order valence-corrected chi connectivity index (χ0v) is 10.9. The van der Waals surface area contributed by atoms with Crippen LogP contribution in [0.1, 0.15) is 24.3 Å². The molecule has 1 aromatic rings. The Bertz CT molecular complexity index is 413. The van der Waals surface area contributed by atoms with Crippen LogP contribution in [0, 0.1) is 5.41 Å². The summed E-state index contributed by atoms with van der Waals surface area (Å²) in [6.07, 6.45) is 2.34. The van der Waals surface area contributed by atoms with Crippen LogP contribution in [-0.4, -0.2) is 33.4 Å². The molecule has 1 N–H and O–H groups in total. The first-order chi connectivity index (χ1) is 8.84. The highest BCUT2D eigenvalue weighted by Crippen LogP contribution is 2.46. The molecule has 1 atom stereocenters. The van der Waals surface area contributed by atoms with E-state index in [9.17, 15) is 0 Å². The van der Waals surface area contributed by atoms with E-state index in [1.165, 1.54) is 18.4 Å². The third kappa shape index (κ3) is 2.02. The van der Waals surface area contributed by atoms with Crippen LogP contribution in [0.3, 0.4) is 0 Å². The maximum atomic E-state index is 5.53. The molecule has 0 radical (unpaired) electrons. The first-order valence-corrected chi connectivity index (χ1v) is 6.76. The number of methoxy groups -OCH3 is 1. The van der Waals surface area contributed by atoms with Crippen molar-refractivity contribution in [3.05, 3.63) is 29.8 Å². The maximum Gasteiger partial charge on any atom is 0.119 e.